The number of nitrogens with zero attached hydrogens (tertiary/aromatic N) is 1. The van der Waals surface area contributed by atoms with Crippen molar-refractivity contribution in [2.24, 2.45) is 0 Å². The van der Waals surface area contributed by atoms with E-state index < -0.39 is 10.0 Å². The van der Waals surface area contributed by atoms with Crippen molar-refractivity contribution in [1.29, 1.82) is 0 Å². The van der Waals surface area contributed by atoms with Crippen molar-refractivity contribution in [1.82, 2.24) is 4.31 Å². The predicted molar refractivity (Wildman–Crippen MR) is 98.9 cm³/mol. The van der Waals surface area contributed by atoms with E-state index in [-0.39, 0.29) is 10.8 Å². The Morgan fingerprint density at radius 1 is 1.12 bits per heavy atom. The number of hydrogen-bond donors (Lipinski definition) is 1. The highest BCUT2D eigenvalue weighted by molar-refractivity contribution is 7.97. The Bertz CT molecular complexity index is 816. The fourth-order valence-electron chi connectivity index (χ4n) is 2.07. The lowest BCUT2D eigenvalue weighted by Gasteiger charge is -2.12. The van der Waals surface area contributed by atoms with Crippen molar-refractivity contribution in [3.8, 4) is 0 Å². The molecule has 2 rings (SSSR count). The Morgan fingerprint density at radius 3 is 2.38 bits per heavy atom. The van der Waals surface area contributed by atoms with Crippen LogP contribution in [0, 0.1) is 0 Å². The average Bonchev–Trinajstić information content (AvgIpc) is 2.56. The van der Waals surface area contributed by atoms with Gasteiger partial charge in [0.25, 0.3) is 5.91 Å². The van der Waals surface area contributed by atoms with Gasteiger partial charge < -0.3 is 5.32 Å². The van der Waals surface area contributed by atoms with Crippen LogP contribution >= 0.6 is 11.8 Å². The lowest BCUT2D eigenvalue weighted by Crippen LogP contribution is -2.22. The van der Waals surface area contributed by atoms with Gasteiger partial charge in [0, 0.05) is 31.1 Å². The molecule has 0 saturated carbocycles. The second kappa shape index (κ2) is 7.83. The van der Waals surface area contributed by atoms with E-state index in [0.717, 1.165) is 15.6 Å². The van der Waals surface area contributed by atoms with Crippen LogP contribution in [0.1, 0.15) is 15.9 Å². The molecule has 0 aromatic heterocycles. The lowest BCUT2D eigenvalue weighted by atomic mass is 10.1. The fraction of sp³-hybridized carbons (Fsp3) is 0.235. The quantitative estimate of drug-likeness (QED) is 0.855. The number of rotatable bonds is 6. The number of carbonyl (C=O) groups is 1. The molecule has 0 aliphatic carbocycles. The second-order valence-corrected chi connectivity index (χ2v) is 8.42. The summed E-state index contributed by atoms with van der Waals surface area (Å²) < 4.78 is 25.4. The van der Waals surface area contributed by atoms with Crippen LogP contribution in [0.3, 0.4) is 0 Å². The van der Waals surface area contributed by atoms with Gasteiger partial charge in [-0.15, -0.1) is 0 Å². The molecule has 0 heterocycles. The summed E-state index contributed by atoms with van der Waals surface area (Å²) in [6, 6.07) is 13.6. The van der Waals surface area contributed by atoms with Crippen LogP contribution in [-0.2, 0) is 15.8 Å². The lowest BCUT2D eigenvalue weighted by molar-refractivity contribution is 0.102. The van der Waals surface area contributed by atoms with Crippen LogP contribution < -0.4 is 5.32 Å². The Kier molecular flexibility index (Phi) is 6.04. The summed E-state index contributed by atoms with van der Waals surface area (Å²) >= 11 is 1.72. The molecule has 0 fully saturated rings. The van der Waals surface area contributed by atoms with E-state index in [9.17, 15) is 13.2 Å². The minimum Gasteiger partial charge on any atom is -0.322 e. The minimum absolute atomic E-state index is 0.139. The Morgan fingerprint density at radius 2 is 1.79 bits per heavy atom. The zero-order valence-corrected chi connectivity index (χ0v) is 15.4. The zero-order valence-electron chi connectivity index (χ0n) is 13.8. The molecule has 24 heavy (non-hydrogen) atoms. The molecule has 0 unspecified atom stereocenters. The van der Waals surface area contributed by atoms with Gasteiger partial charge >= 0.3 is 0 Å². The first kappa shape index (κ1) is 18.5. The molecule has 0 aliphatic rings. The molecule has 0 aliphatic heterocycles. The largest absolute Gasteiger partial charge is 0.322 e. The molecule has 0 atom stereocenters. The molecular formula is C17H20N2O3S2. The van der Waals surface area contributed by atoms with Crippen LogP contribution in [0.5, 0.6) is 0 Å². The number of carbonyl (C=O) groups excluding carboxylic acids is 1. The van der Waals surface area contributed by atoms with Crippen LogP contribution in [0.25, 0.3) is 0 Å². The third kappa shape index (κ3) is 4.37. The summed E-state index contributed by atoms with van der Waals surface area (Å²) in [7, 11) is -0.594. The van der Waals surface area contributed by atoms with E-state index in [0.29, 0.717) is 11.3 Å². The maximum atomic E-state index is 12.3. The standard InChI is InChI=1S/C17H20N2O3S2/c1-19(2)24(21,22)16-6-4-5-15(11-16)18-17(20)14-9-7-13(8-10-14)12-23-3/h4-11H,12H2,1-3H3,(H,18,20). The Hall–Kier alpha value is -1.83. The maximum Gasteiger partial charge on any atom is 0.255 e. The number of hydrogen-bond acceptors (Lipinski definition) is 4. The average molecular weight is 364 g/mol. The van der Waals surface area contributed by atoms with Gasteiger partial charge in [0.05, 0.1) is 4.90 Å². The molecule has 128 valence electrons. The van der Waals surface area contributed by atoms with Crippen molar-refractivity contribution in [3.05, 3.63) is 59.7 Å². The molecule has 0 spiro atoms. The first-order chi connectivity index (χ1) is 11.3. The normalized spacial score (nSPS) is 11.5. The summed E-state index contributed by atoms with van der Waals surface area (Å²) in [5.41, 5.74) is 2.12. The summed E-state index contributed by atoms with van der Waals surface area (Å²) in [6.07, 6.45) is 2.02. The van der Waals surface area contributed by atoms with Crippen LogP contribution in [0.2, 0.25) is 0 Å². The predicted octanol–water partition coefficient (Wildman–Crippen LogP) is 3.05. The third-order valence-electron chi connectivity index (χ3n) is 3.40. The van der Waals surface area contributed by atoms with Crippen molar-refractivity contribution < 1.29 is 13.2 Å². The molecule has 1 N–H and O–H groups in total. The number of anilines is 1. The van der Waals surface area contributed by atoms with Crippen molar-refractivity contribution >= 4 is 33.4 Å². The molecule has 0 bridgehead atoms. The summed E-state index contributed by atoms with van der Waals surface area (Å²) in [6.45, 7) is 0. The molecule has 1 amide bonds. The van der Waals surface area contributed by atoms with Gasteiger partial charge in [0.1, 0.15) is 0 Å². The van der Waals surface area contributed by atoms with Gasteiger partial charge in [-0.1, -0.05) is 18.2 Å². The van der Waals surface area contributed by atoms with E-state index in [1.165, 1.54) is 26.2 Å². The van der Waals surface area contributed by atoms with Gasteiger partial charge in [-0.25, -0.2) is 12.7 Å². The van der Waals surface area contributed by atoms with Gasteiger partial charge in [0.2, 0.25) is 10.0 Å². The first-order valence-electron chi connectivity index (χ1n) is 7.26. The molecular weight excluding hydrogens is 344 g/mol. The number of sulfonamides is 1. The third-order valence-corrected chi connectivity index (χ3v) is 5.83. The summed E-state index contributed by atoms with van der Waals surface area (Å²) in [5.74, 6) is 0.622. The molecule has 7 heteroatoms. The second-order valence-electron chi connectivity index (χ2n) is 5.40. The number of thioether (sulfide) groups is 1. The molecule has 2 aromatic rings. The Balaban J connectivity index is 2.17. The smallest absolute Gasteiger partial charge is 0.255 e. The maximum absolute atomic E-state index is 12.3. The van der Waals surface area contributed by atoms with Crippen LogP contribution in [0.4, 0.5) is 5.69 Å². The van der Waals surface area contributed by atoms with Crippen LogP contribution in [-0.4, -0.2) is 39.0 Å². The van der Waals surface area contributed by atoms with Gasteiger partial charge in [-0.3, -0.25) is 4.79 Å². The van der Waals surface area contributed by atoms with E-state index in [1.54, 1.807) is 36.0 Å². The number of nitrogens with one attached hydrogen (secondary N) is 1. The topological polar surface area (TPSA) is 66.5 Å². The van der Waals surface area contributed by atoms with Gasteiger partial charge in [0.15, 0.2) is 0 Å². The zero-order chi connectivity index (χ0) is 17.7. The minimum atomic E-state index is -3.53. The fourth-order valence-corrected chi connectivity index (χ4v) is 3.54. The van der Waals surface area contributed by atoms with E-state index in [2.05, 4.69) is 5.32 Å². The molecule has 5 nitrogen and oxygen atoms in total. The number of amides is 1. The highest BCUT2D eigenvalue weighted by Crippen LogP contribution is 2.19. The molecule has 0 radical (unpaired) electrons. The van der Waals surface area contributed by atoms with E-state index >= 15 is 0 Å². The summed E-state index contributed by atoms with van der Waals surface area (Å²) in [5, 5.41) is 2.73. The SMILES string of the molecule is CSCc1ccc(C(=O)Nc2cccc(S(=O)(=O)N(C)C)c2)cc1. The molecule has 2 aromatic carbocycles. The van der Waals surface area contributed by atoms with Crippen molar-refractivity contribution in [3.63, 3.8) is 0 Å². The highest BCUT2D eigenvalue weighted by Gasteiger charge is 2.17. The van der Waals surface area contributed by atoms with Crippen molar-refractivity contribution in [2.75, 3.05) is 25.7 Å². The van der Waals surface area contributed by atoms with E-state index in [4.69, 9.17) is 0 Å². The molecule has 0 saturated heterocycles. The Labute approximate surface area is 147 Å². The first-order valence-corrected chi connectivity index (χ1v) is 10.1. The van der Waals surface area contributed by atoms with Gasteiger partial charge in [-0.2, -0.15) is 11.8 Å². The van der Waals surface area contributed by atoms with Crippen LogP contribution in [0.15, 0.2) is 53.4 Å². The monoisotopic (exact) mass is 364 g/mol. The number of benzene rings is 2. The van der Waals surface area contributed by atoms with Crippen molar-refractivity contribution in [2.45, 2.75) is 10.6 Å². The summed E-state index contributed by atoms with van der Waals surface area (Å²) in [4.78, 5) is 12.4. The van der Waals surface area contributed by atoms with E-state index in [1.807, 2.05) is 18.4 Å². The highest BCUT2D eigenvalue weighted by atomic mass is 32.2. The van der Waals surface area contributed by atoms with Gasteiger partial charge in [-0.05, 0) is 42.2 Å².